The highest BCUT2D eigenvalue weighted by Gasteiger charge is 2.37. The number of amides is 3. The molecular formula is C37H55N3O6. The van der Waals surface area contributed by atoms with E-state index in [0.29, 0.717) is 12.0 Å². The number of aryl methyl sites for hydroxylation is 1. The first-order valence-corrected chi connectivity index (χ1v) is 16.4. The highest BCUT2D eigenvalue weighted by molar-refractivity contribution is 5.93. The predicted octanol–water partition coefficient (Wildman–Crippen LogP) is 6.82. The number of unbranched alkanes of at least 4 members (excludes halogenated alkanes) is 4. The summed E-state index contributed by atoms with van der Waals surface area (Å²) in [6, 6.07) is 13.8. The zero-order chi connectivity index (χ0) is 34.5. The smallest absolute Gasteiger partial charge is 0.408 e. The molecule has 0 saturated heterocycles. The van der Waals surface area contributed by atoms with Crippen LogP contribution in [0.3, 0.4) is 0 Å². The Hall–Kier alpha value is -3.88. The summed E-state index contributed by atoms with van der Waals surface area (Å²) in [5, 5.41) is 5.58. The second-order valence-electron chi connectivity index (χ2n) is 13.9. The molecule has 46 heavy (non-hydrogen) atoms. The van der Waals surface area contributed by atoms with Gasteiger partial charge in [0.05, 0.1) is 0 Å². The monoisotopic (exact) mass is 637 g/mol. The van der Waals surface area contributed by atoms with E-state index in [-0.39, 0.29) is 13.0 Å². The lowest BCUT2D eigenvalue weighted by molar-refractivity contribution is -0.159. The first-order chi connectivity index (χ1) is 21.5. The van der Waals surface area contributed by atoms with Gasteiger partial charge in [-0.3, -0.25) is 9.59 Å². The van der Waals surface area contributed by atoms with E-state index in [1.165, 1.54) is 4.90 Å². The molecule has 3 atom stereocenters. The summed E-state index contributed by atoms with van der Waals surface area (Å²) in [5.74, 6) is -1.51. The van der Waals surface area contributed by atoms with Gasteiger partial charge in [-0.05, 0) is 72.9 Å². The van der Waals surface area contributed by atoms with Crippen LogP contribution in [-0.4, -0.2) is 58.6 Å². The molecule has 0 aliphatic carbocycles. The van der Waals surface area contributed by atoms with Crippen LogP contribution >= 0.6 is 0 Å². The summed E-state index contributed by atoms with van der Waals surface area (Å²) >= 11 is 0. The Morgan fingerprint density at radius 1 is 0.783 bits per heavy atom. The molecule has 2 rings (SSSR count). The van der Waals surface area contributed by atoms with Gasteiger partial charge in [0.15, 0.2) is 0 Å². The maximum Gasteiger partial charge on any atom is 0.408 e. The topological polar surface area (TPSA) is 114 Å². The van der Waals surface area contributed by atoms with Crippen molar-refractivity contribution in [3.63, 3.8) is 0 Å². The fourth-order valence-electron chi connectivity index (χ4n) is 4.94. The van der Waals surface area contributed by atoms with Crippen molar-refractivity contribution in [3.8, 4) is 0 Å². The third-order valence-corrected chi connectivity index (χ3v) is 7.13. The maximum atomic E-state index is 14.4. The molecular weight excluding hydrogens is 582 g/mol. The molecule has 0 bridgehead atoms. The molecule has 2 aromatic rings. The van der Waals surface area contributed by atoms with E-state index in [1.54, 1.807) is 48.5 Å². The van der Waals surface area contributed by atoms with Gasteiger partial charge in [0.2, 0.25) is 11.8 Å². The number of hydrogen-bond donors (Lipinski definition) is 2. The average Bonchev–Trinajstić information content (AvgIpc) is 2.95. The number of rotatable bonds is 15. The highest BCUT2D eigenvalue weighted by Crippen LogP contribution is 2.25. The molecule has 0 aliphatic rings. The number of alkyl carbamates (subject to hydrolysis) is 1. The van der Waals surface area contributed by atoms with Crippen molar-refractivity contribution in [2.75, 3.05) is 6.54 Å². The van der Waals surface area contributed by atoms with Crippen molar-refractivity contribution in [2.24, 2.45) is 0 Å². The van der Waals surface area contributed by atoms with E-state index >= 15 is 0 Å². The van der Waals surface area contributed by atoms with Gasteiger partial charge in [0.1, 0.15) is 29.3 Å². The van der Waals surface area contributed by atoms with E-state index in [9.17, 15) is 19.2 Å². The molecule has 0 radical (unpaired) electrons. The van der Waals surface area contributed by atoms with Crippen molar-refractivity contribution >= 4 is 23.9 Å². The summed E-state index contributed by atoms with van der Waals surface area (Å²) in [6.45, 7) is 16.5. The van der Waals surface area contributed by atoms with Crippen LogP contribution in [0.5, 0.6) is 0 Å². The molecule has 9 nitrogen and oxygen atoms in total. The largest absolute Gasteiger partial charge is 0.458 e. The summed E-state index contributed by atoms with van der Waals surface area (Å²) < 4.78 is 11.1. The lowest BCUT2D eigenvalue weighted by atomic mass is 9.99. The third kappa shape index (κ3) is 13.6. The van der Waals surface area contributed by atoms with Gasteiger partial charge < -0.3 is 25.0 Å². The van der Waals surface area contributed by atoms with Gasteiger partial charge in [-0.15, -0.1) is 0 Å². The van der Waals surface area contributed by atoms with Gasteiger partial charge in [0, 0.05) is 13.0 Å². The van der Waals surface area contributed by atoms with E-state index in [2.05, 4.69) is 17.6 Å². The van der Waals surface area contributed by atoms with Gasteiger partial charge in [-0.1, -0.05) is 92.8 Å². The maximum absolute atomic E-state index is 14.4. The number of esters is 1. The minimum atomic E-state index is -1.07. The van der Waals surface area contributed by atoms with Crippen LogP contribution in [0.15, 0.2) is 54.6 Å². The Morgan fingerprint density at radius 2 is 1.37 bits per heavy atom. The minimum absolute atomic E-state index is 0.212. The normalized spacial score (nSPS) is 13.6. The SMILES string of the molecule is CCCCCCCN(C(=O)C(C)NC(=O)OC(C)(C)C)C(C(=O)NC(Cc1ccccc1)C(=O)OC(C)(C)C)c1ccc(C)cc1. The van der Waals surface area contributed by atoms with Gasteiger partial charge >= 0.3 is 12.1 Å². The van der Waals surface area contributed by atoms with Crippen molar-refractivity contribution in [1.82, 2.24) is 15.5 Å². The molecule has 0 spiro atoms. The first kappa shape index (κ1) is 38.3. The van der Waals surface area contributed by atoms with Crippen LogP contribution in [0.4, 0.5) is 4.79 Å². The third-order valence-electron chi connectivity index (χ3n) is 7.13. The number of carbonyl (C=O) groups is 4. The predicted molar refractivity (Wildman–Crippen MR) is 181 cm³/mol. The molecule has 254 valence electrons. The van der Waals surface area contributed by atoms with Crippen LogP contribution < -0.4 is 10.6 Å². The van der Waals surface area contributed by atoms with Crippen LogP contribution in [0.1, 0.15) is 110 Å². The summed E-state index contributed by atoms with van der Waals surface area (Å²) in [6.07, 6.45) is 4.18. The van der Waals surface area contributed by atoms with E-state index < -0.39 is 53.2 Å². The van der Waals surface area contributed by atoms with Crippen molar-refractivity contribution < 1.29 is 28.7 Å². The Bertz CT molecular complexity index is 1260. The molecule has 2 aromatic carbocycles. The molecule has 0 aliphatic heterocycles. The molecule has 3 amide bonds. The number of nitrogens with zero attached hydrogens (tertiary/aromatic N) is 1. The van der Waals surface area contributed by atoms with Crippen LogP contribution in [0, 0.1) is 6.92 Å². The van der Waals surface area contributed by atoms with E-state index in [4.69, 9.17) is 9.47 Å². The fourth-order valence-corrected chi connectivity index (χ4v) is 4.94. The molecule has 0 fully saturated rings. The Morgan fingerprint density at radius 3 is 1.93 bits per heavy atom. The number of carbonyl (C=O) groups excluding carboxylic acids is 4. The summed E-state index contributed by atoms with van der Waals surface area (Å²) in [4.78, 5) is 56.1. The molecule has 9 heteroatoms. The lowest BCUT2D eigenvalue weighted by Crippen LogP contribution is -2.54. The van der Waals surface area contributed by atoms with E-state index in [1.807, 2.05) is 61.5 Å². The Balaban J connectivity index is 2.52. The summed E-state index contributed by atoms with van der Waals surface area (Å²) in [5.41, 5.74) is 0.930. The molecule has 0 aromatic heterocycles. The van der Waals surface area contributed by atoms with Crippen LogP contribution in [0.2, 0.25) is 0 Å². The quantitative estimate of drug-likeness (QED) is 0.164. The summed E-state index contributed by atoms with van der Waals surface area (Å²) in [7, 11) is 0. The number of nitrogens with one attached hydrogen (secondary N) is 2. The number of ether oxygens (including phenoxy) is 2. The van der Waals surface area contributed by atoms with Gasteiger partial charge in [-0.25, -0.2) is 9.59 Å². The van der Waals surface area contributed by atoms with Crippen molar-refractivity contribution in [1.29, 1.82) is 0 Å². The fraction of sp³-hybridized carbons (Fsp3) is 0.568. The van der Waals surface area contributed by atoms with Crippen molar-refractivity contribution in [3.05, 3.63) is 71.3 Å². The molecule has 0 saturated carbocycles. The highest BCUT2D eigenvalue weighted by atomic mass is 16.6. The van der Waals surface area contributed by atoms with E-state index in [0.717, 1.165) is 36.8 Å². The second-order valence-corrected chi connectivity index (χ2v) is 13.9. The van der Waals surface area contributed by atoms with Crippen molar-refractivity contribution in [2.45, 2.75) is 130 Å². The van der Waals surface area contributed by atoms with Gasteiger partial charge in [-0.2, -0.15) is 0 Å². The zero-order valence-corrected chi connectivity index (χ0v) is 29.3. The second kappa shape index (κ2) is 17.7. The number of hydrogen-bond acceptors (Lipinski definition) is 6. The Labute approximate surface area is 275 Å². The molecule has 3 unspecified atom stereocenters. The standard InChI is InChI=1S/C37H55N3O6/c1-10-11-12-13-17-24-40(33(42)27(3)38-35(44)46-37(7,8)9)31(29-22-20-26(2)21-23-29)32(41)39-30(34(43)45-36(4,5)6)25-28-18-15-14-16-19-28/h14-16,18-23,27,30-31H,10-13,17,24-25H2,1-9H3,(H,38,44)(H,39,41). The Kier molecular flexibility index (Phi) is 14.8. The zero-order valence-electron chi connectivity index (χ0n) is 29.3. The molecule has 0 heterocycles. The van der Waals surface area contributed by atoms with Crippen LogP contribution in [0.25, 0.3) is 0 Å². The number of benzene rings is 2. The molecule has 2 N–H and O–H groups in total. The average molecular weight is 638 g/mol. The minimum Gasteiger partial charge on any atom is -0.458 e. The lowest BCUT2D eigenvalue weighted by Gasteiger charge is -2.35. The van der Waals surface area contributed by atoms with Crippen LogP contribution in [-0.2, 0) is 30.3 Å². The first-order valence-electron chi connectivity index (χ1n) is 16.4. The van der Waals surface area contributed by atoms with Gasteiger partial charge in [0.25, 0.3) is 0 Å².